The van der Waals surface area contributed by atoms with Gasteiger partial charge in [-0.1, -0.05) is 15.9 Å². The summed E-state index contributed by atoms with van der Waals surface area (Å²) in [7, 11) is 0. The number of anilines is 1. The number of ether oxygens (including phenoxy) is 2. The lowest BCUT2D eigenvalue weighted by Gasteiger charge is -2.38. The van der Waals surface area contributed by atoms with E-state index in [1.807, 2.05) is 24.3 Å². The van der Waals surface area contributed by atoms with Crippen LogP contribution >= 0.6 is 15.9 Å². The maximum Gasteiger partial charge on any atom is 0.242 e. The number of halogens is 1. The third-order valence-corrected chi connectivity index (χ3v) is 5.03. The van der Waals surface area contributed by atoms with Crippen molar-refractivity contribution in [3.8, 4) is 0 Å². The zero-order valence-electron chi connectivity index (χ0n) is 13.7. The van der Waals surface area contributed by atoms with Gasteiger partial charge in [-0.15, -0.1) is 0 Å². The van der Waals surface area contributed by atoms with Crippen molar-refractivity contribution in [2.24, 2.45) is 0 Å². The van der Waals surface area contributed by atoms with Crippen LogP contribution in [0.1, 0.15) is 19.8 Å². The number of rotatable bonds is 3. The van der Waals surface area contributed by atoms with Crippen LogP contribution in [-0.4, -0.2) is 55.3 Å². The van der Waals surface area contributed by atoms with Crippen molar-refractivity contribution in [3.63, 3.8) is 0 Å². The molecule has 0 aromatic heterocycles. The molecule has 2 saturated heterocycles. The summed E-state index contributed by atoms with van der Waals surface area (Å²) in [6.07, 6.45) is 1.36. The van der Waals surface area contributed by atoms with E-state index in [0.29, 0.717) is 39.1 Å². The van der Waals surface area contributed by atoms with E-state index in [4.69, 9.17) is 9.47 Å². The van der Waals surface area contributed by atoms with Crippen LogP contribution in [0.15, 0.2) is 28.7 Å². The van der Waals surface area contributed by atoms with Gasteiger partial charge >= 0.3 is 0 Å². The van der Waals surface area contributed by atoms with Gasteiger partial charge in [0, 0.05) is 43.0 Å². The first-order valence-corrected chi connectivity index (χ1v) is 8.88. The quantitative estimate of drug-likeness (QED) is 0.785. The van der Waals surface area contributed by atoms with Crippen LogP contribution in [0.3, 0.4) is 0 Å². The SMILES string of the molecule is CC(=O)N(CC(=O)N1CCC2(CC1)OCCO2)c1ccc(Br)cc1. The molecule has 130 valence electrons. The Hall–Kier alpha value is -1.44. The molecular weight excluding hydrogens is 376 g/mol. The number of amides is 2. The third kappa shape index (κ3) is 3.79. The summed E-state index contributed by atoms with van der Waals surface area (Å²) >= 11 is 3.37. The molecular formula is C17H21BrN2O4. The molecule has 2 aliphatic heterocycles. The van der Waals surface area contributed by atoms with Crippen LogP contribution in [0.25, 0.3) is 0 Å². The van der Waals surface area contributed by atoms with Crippen molar-refractivity contribution in [2.75, 3.05) is 37.7 Å². The maximum absolute atomic E-state index is 12.6. The van der Waals surface area contributed by atoms with E-state index >= 15 is 0 Å². The normalized spacial score (nSPS) is 19.5. The lowest BCUT2D eigenvalue weighted by atomic mass is 10.0. The van der Waals surface area contributed by atoms with Crippen molar-refractivity contribution in [3.05, 3.63) is 28.7 Å². The van der Waals surface area contributed by atoms with E-state index in [9.17, 15) is 9.59 Å². The van der Waals surface area contributed by atoms with Crippen LogP contribution < -0.4 is 4.90 Å². The molecule has 1 aromatic rings. The highest BCUT2D eigenvalue weighted by molar-refractivity contribution is 9.10. The molecule has 0 unspecified atom stereocenters. The Morgan fingerprint density at radius 3 is 2.29 bits per heavy atom. The second-order valence-electron chi connectivity index (χ2n) is 6.07. The lowest BCUT2D eigenvalue weighted by molar-refractivity contribution is -0.187. The molecule has 1 spiro atoms. The highest BCUT2D eigenvalue weighted by Gasteiger charge is 2.40. The molecule has 0 N–H and O–H groups in total. The minimum absolute atomic E-state index is 0.0473. The van der Waals surface area contributed by atoms with Crippen LogP contribution in [0.2, 0.25) is 0 Å². The molecule has 2 aliphatic rings. The summed E-state index contributed by atoms with van der Waals surface area (Å²) in [5, 5.41) is 0. The number of nitrogens with zero attached hydrogens (tertiary/aromatic N) is 2. The van der Waals surface area contributed by atoms with Crippen molar-refractivity contribution in [2.45, 2.75) is 25.6 Å². The Morgan fingerprint density at radius 1 is 1.17 bits per heavy atom. The summed E-state index contributed by atoms with van der Waals surface area (Å²) in [6, 6.07) is 7.36. The molecule has 0 atom stereocenters. The standard InChI is InChI=1S/C17H21BrN2O4/c1-13(21)20(15-4-2-14(18)3-5-15)12-16(22)19-8-6-17(7-9-19)23-10-11-24-17/h2-5H,6-12H2,1H3. The Labute approximate surface area is 149 Å². The molecule has 0 radical (unpaired) electrons. The lowest BCUT2D eigenvalue weighted by Crippen LogP contribution is -2.50. The summed E-state index contributed by atoms with van der Waals surface area (Å²) in [4.78, 5) is 27.8. The smallest absolute Gasteiger partial charge is 0.242 e. The van der Waals surface area contributed by atoms with Crippen LogP contribution in [0.4, 0.5) is 5.69 Å². The zero-order chi connectivity index (χ0) is 17.2. The number of carbonyl (C=O) groups is 2. The van der Waals surface area contributed by atoms with E-state index in [1.165, 1.54) is 11.8 Å². The van der Waals surface area contributed by atoms with Gasteiger partial charge in [0.05, 0.1) is 13.2 Å². The highest BCUT2D eigenvalue weighted by Crippen LogP contribution is 2.31. The number of hydrogen-bond acceptors (Lipinski definition) is 4. The summed E-state index contributed by atoms with van der Waals surface area (Å²) < 4.78 is 12.3. The van der Waals surface area contributed by atoms with Gasteiger partial charge in [0.25, 0.3) is 0 Å². The van der Waals surface area contributed by atoms with E-state index in [1.54, 1.807) is 4.90 Å². The van der Waals surface area contributed by atoms with Gasteiger partial charge in [0.2, 0.25) is 11.8 Å². The molecule has 6 nitrogen and oxygen atoms in total. The van der Waals surface area contributed by atoms with E-state index in [-0.39, 0.29) is 18.4 Å². The molecule has 2 fully saturated rings. The fraction of sp³-hybridized carbons (Fsp3) is 0.529. The Balaban J connectivity index is 1.62. The van der Waals surface area contributed by atoms with Gasteiger partial charge in [-0.25, -0.2) is 0 Å². The molecule has 1 aromatic carbocycles. The van der Waals surface area contributed by atoms with Crippen LogP contribution in [0, 0.1) is 0 Å². The van der Waals surface area contributed by atoms with Crippen molar-refractivity contribution >= 4 is 33.4 Å². The van der Waals surface area contributed by atoms with Crippen molar-refractivity contribution < 1.29 is 19.1 Å². The first-order chi connectivity index (χ1) is 11.5. The van der Waals surface area contributed by atoms with Gasteiger partial charge < -0.3 is 19.3 Å². The molecule has 0 bridgehead atoms. The largest absolute Gasteiger partial charge is 0.347 e. The average molecular weight is 397 g/mol. The Morgan fingerprint density at radius 2 is 1.75 bits per heavy atom. The Bertz CT molecular complexity index is 604. The minimum Gasteiger partial charge on any atom is -0.347 e. The fourth-order valence-electron chi connectivity index (χ4n) is 3.12. The maximum atomic E-state index is 12.6. The van der Waals surface area contributed by atoms with Gasteiger partial charge in [0.1, 0.15) is 6.54 Å². The summed E-state index contributed by atoms with van der Waals surface area (Å²) in [6.45, 7) is 3.94. The van der Waals surface area contributed by atoms with Gasteiger partial charge in [-0.3, -0.25) is 9.59 Å². The fourth-order valence-corrected chi connectivity index (χ4v) is 3.39. The van der Waals surface area contributed by atoms with Crippen molar-refractivity contribution in [1.29, 1.82) is 0 Å². The molecule has 0 aliphatic carbocycles. The second kappa shape index (κ2) is 7.21. The molecule has 2 amide bonds. The van der Waals surface area contributed by atoms with Crippen molar-refractivity contribution in [1.82, 2.24) is 4.90 Å². The second-order valence-corrected chi connectivity index (χ2v) is 6.99. The Kier molecular flexibility index (Phi) is 5.22. The highest BCUT2D eigenvalue weighted by atomic mass is 79.9. The predicted octanol–water partition coefficient (Wildman–Crippen LogP) is 2.17. The molecule has 3 rings (SSSR count). The van der Waals surface area contributed by atoms with Gasteiger partial charge in [-0.2, -0.15) is 0 Å². The average Bonchev–Trinajstić information content (AvgIpc) is 3.02. The first-order valence-electron chi connectivity index (χ1n) is 8.08. The number of benzene rings is 1. The topological polar surface area (TPSA) is 59.1 Å². The van der Waals surface area contributed by atoms with Gasteiger partial charge in [0.15, 0.2) is 5.79 Å². The zero-order valence-corrected chi connectivity index (χ0v) is 15.3. The molecule has 7 heteroatoms. The summed E-state index contributed by atoms with van der Waals surface area (Å²) in [5.41, 5.74) is 0.718. The number of likely N-dealkylation sites (tertiary alicyclic amines) is 1. The van der Waals surface area contributed by atoms with E-state index in [2.05, 4.69) is 15.9 Å². The monoisotopic (exact) mass is 396 g/mol. The number of carbonyl (C=O) groups excluding carboxylic acids is 2. The first kappa shape index (κ1) is 17.4. The number of hydrogen-bond donors (Lipinski definition) is 0. The van der Waals surface area contributed by atoms with E-state index < -0.39 is 5.79 Å². The van der Waals surface area contributed by atoms with Crippen LogP contribution in [0.5, 0.6) is 0 Å². The predicted molar refractivity (Wildman–Crippen MR) is 92.6 cm³/mol. The minimum atomic E-state index is -0.497. The summed E-state index contributed by atoms with van der Waals surface area (Å²) in [5.74, 6) is -0.703. The molecule has 0 saturated carbocycles. The molecule has 2 heterocycles. The van der Waals surface area contributed by atoms with Crippen LogP contribution in [-0.2, 0) is 19.1 Å². The number of piperidine rings is 1. The molecule has 24 heavy (non-hydrogen) atoms. The third-order valence-electron chi connectivity index (χ3n) is 4.50. The van der Waals surface area contributed by atoms with E-state index in [0.717, 1.165) is 10.2 Å². The van der Waals surface area contributed by atoms with Gasteiger partial charge in [-0.05, 0) is 24.3 Å².